The number of nitrogens with zero attached hydrogens (tertiary/aromatic N) is 4. The molecule has 0 aromatic carbocycles. The molecule has 8 nitrogen and oxygen atoms in total. The molecule has 1 aliphatic heterocycles. The summed E-state index contributed by atoms with van der Waals surface area (Å²) in [6.45, 7) is 7.52. The van der Waals surface area contributed by atoms with E-state index in [-0.39, 0.29) is 5.56 Å². The number of ether oxygens (including phenoxy) is 1. The molecule has 0 saturated carbocycles. The van der Waals surface area contributed by atoms with Gasteiger partial charge >= 0.3 is 5.97 Å². The molecule has 2 aromatic rings. The third kappa shape index (κ3) is 2.99. The fraction of sp³-hybridized carbons (Fsp3) is 0.533. The molecule has 0 amide bonds. The second kappa shape index (κ2) is 6.51. The van der Waals surface area contributed by atoms with Crippen molar-refractivity contribution in [1.82, 2.24) is 25.0 Å². The highest BCUT2D eigenvalue weighted by Crippen LogP contribution is 2.30. The van der Waals surface area contributed by atoms with E-state index in [1.807, 2.05) is 11.6 Å². The molecule has 124 valence electrons. The van der Waals surface area contributed by atoms with E-state index in [0.717, 1.165) is 38.4 Å². The first-order valence-electron chi connectivity index (χ1n) is 7.68. The minimum atomic E-state index is -1.05. The fourth-order valence-corrected chi connectivity index (χ4v) is 2.98. The van der Waals surface area contributed by atoms with E-state index in [2.05, 4.69) is 20.3 Å². The Balaban J connectivity index is 1.91. The van der Waals surface area contributed by atoms with Gasteiger partial charge < -0.3 is 15.2 Å². The third-order valence-electron chi connectivity index (χ3n) is 4.16. The summed E-state index contributed by atoms with van der Waals surface area (Å²) in [5, 5.41) is 17.8. The van der Waals surface area contributed by atoms with Crippen molar-refractivity contribution in [1.29, 1.82) is 0 Å². The molecule has 0 spiro atoms. The maximum atomic E-state index is 11.3. The van der Waals surface area contributed by atoms with Gasteiger partial charge in [-0.15, -0.1) is 0 Å². The first kappa shape index (κ1) is 15.7. The zero-order chi connectivity index (χ0) is 16.4. The van der Waals surface area contributed by atoms with Gasteiger partial charge in [-0.3, -0.25) is 4.90 Å². The van der Waals surface area contributed by atoms with E-state index < -0.39 is 5.97 Å². The highest BCUT2D eigenvalue weighted by molar-refractivity contribution is 5.98. The third-order valence-corrected chi connectivity index (χ3v) is 4.16. The van der Waals surface area contributed by atoms with Gasteiger partial charge in [-0.2, -0.15) is 5.10 Å². The second-order valence-corrected chi connectivity index (χ2v) is 5.61. The van der Waals surface area contributed by atoms with Crippen molar-refractivity contribution in [3.05, 3.63) is 17.5 Å². The molecule has 1 fully saturated rings. The summed E-state index contributed by atoms with van der Waals surface area (Å²) in [7, 11) is 1.47. The van der Waals surface area contributed by atoms with Crippen molar-refractivity contribution in [3.63, 3.8) is 0 Å². The lowest BCUT2D eigenvalue weighted by molar-refractivity contribution is 0.0693. The number of nitrogens with one attached hydrogen (secondary N) is 1. The average molecular weight is 319 g/mol. The van der Waals surface area contributed by atoms with Gasteiger partial charge in [0.05, 0.1) is 24.7 Å². The van der Waals surface area contributed by atoms with Crippen LogP contribution in [0.3, 0.4) is 0 Å². The molecule has 1 aliphatic rings. The standard InChI is InChI=1S/C15H21N5O3/c1-10-12-13(23-2)11(15(21)22)9-17-14(12)20(18-10)8-7-19-5-3-16-4-6-19/h9,16H,3-8H2,1-2H3,(H,21,22). The molecule has 0 atom stereocenters. The lowest BCUT2D eigenvalue weighted by atomic mass is 10.2. The number of piperazine rings is 1. The zero-order valence-electron chi connectivity index (χ0n) is 13.4. The number of rotatable bonds is 5. The van der Waals surface area contributed by atoms with Crippen molar-refractivity contribution < 1.29 is 14.6 Å². The Kier molecular flexibility index (Phi) is 4.44. The summed E-state index contributed by atoms with van der Waals surface area (Å²) in [5.74, 6) is -0.724. The minimum absolute atomic E-state index is 0.0600. The molecule has 1 saturated heterocycles. The van der Waals surface area contributed by atoms with Gasteiger partial charge in [-0.25, -0.2) is 14.5 Å². The Morgan fingerprint density at radius 1 is 1.39 bits per heavy atom. The molecule has 0 aliphatic carbocycles. The quantitative estimate of drug-likeness (QED) is 0.821. The summed E-state index contributed by atoms with van der Waals surface area (Å²) in [4.78, 5) is 18.0. The predicted molar refractivity (Wildman–Crippen MR) is 85.1 cm³/mol. The van der Waals surface area contributed by atoms with E-state index in [4.69, 9.17) is 4.74 Å². The van der Waals surface area contributed by atoms with Crippen LogP contribution >= 0.6 is 0 Å². The predicted octanol–water partition coefficient (Wildman–Crippen LogP) is 0.352. The molecular weight excluding hydrogens is 298 g/mol. The second-order valence-electron chi connectivity index (χ2n) is 5.61. The van der Waals surface area contributed by atoms with Gasteiger partial charge in [0.2, 0.25) is 0 Å². The summed E-state index contributed by atoms with van der Waals surface area (Å²) in [6.07, 6.45) is 1.34. The van der Waals surface area contributed by atoms with Crippen LogP contribution in [0.4, 0.5) is 0 Å². The molecule has 0 bridgehead atoms. The van der Waals surface area contributed by atoms with Crippen LogP contribution in [0.1, 0.15) is 16.1 Å². The topological polar surface area (TPSA) is 92.5 Å². The highest BCUT2D eigenvalue weighted by Gasteiger charge is 2.21. The van der Waals surface area contributed by atoms with Gasteiger partial charge in [-0.05, 0) is 6.92 Å². The normalized spacial score (nSPS) is 15.9. The highest BCUT2D eigenvalue weighted by atomic mass is 16.5. The Morgan fingerprint density at radius 2 is 2.13 bits per heavy atom. The summed E-state index contributed by atoms with van der Waals surface area (Å²) < 4.78 is 7.15. The number of aryl methyl sites for hydroxylation is 1. The van der Waals surface area contributed by atoms with E-state index in [0.29, 0.717) is 23.3 Å². The number of methoxy groups -OCH3 is 1. The Labute approximate surface area is 134 Å². The van der Waals surface area contributed by atoms with Crippen molar-refractivity contribution in [2.75, 3.05) is 39.8 Å². The largest absolute Gasteiger partial charge is 0.495 e. The number of hydrogen-bond donors (Lipinski definition) is 2. The van der Waals surface area contributed by atoms with Crippen LogP contribution in [0.5, 0.6) is 5.75 Å². The number of carbonyl (C=O) groups is 1. The lowest BCUT2D eigenvalue weighted by Gasteiger charge is -2.26. The van der Waals surface area contributed by atoms with Crippen LogP contribution in [-0.4, -0.2) is 70.6 Å². The molecule has 8 heteroatoms. The minimum Gasteiger partial charge on any atom is -0.495 e. The fourth-order valence-electron chi connectivity index (χ4n) is 2.98. The number of carboxylic acids is 1. The molecule has 3 rings (SSSR count). The van der Waals surface area contributed by atoms with Gasteiger partial charge in [0, 0.05) is 38.9 Å². The smallest absolute Gasteiger partial charge is 0.341 e. The van der Waals surface area contributed by atoms with Gasteiger partial charge in [0.1, 0.15) is 11.3 Å². The Hall–Kier alpha value is -2.19. The zero-order valence-corrected chi connectivity index (χ0v) is 13.4. The molecule has 23 heavy (non-hydrogen) atoms. The van der Waals surface area contributed by atoms with Crippen LogP contribution in [0.2, 0.25) is 0 Å². The maximum absolute atomic E-state index is 11.3. The van der Waals surface area contributed by atoms with Gasteiger partial charge in [-0.1, -0.05) is 0 Å². The number of aromatic carboxylic acids is 1. The molecule has 0 unspecified atom stereocenters. The number of hydrogen-bond acceptors (Lipinski definition) is 6. The molecule has 3 heterocycles. The van der Waals surface area contributed by atoms with Crippen molar-refractivity contribution in [2.24, 2.45) is 0 Å². The first-order valence-corrected chi connectivity index (χ1v) is 7.68. The molecule has 2 N–H and O–H groups in total. The summed E-state index contributed by atoms with van der Waals surface area (Å²) >= 11 is 0. The van der Waals surface area contributed by atoms with Crippen molar-refractivity contribution >= 4 is 17.0 Å². The van der Waals surface area contributed by atoms with Crippen LogP contribution < -0.4 is 10.1 Å². The number of pyridine rings is 1. The average Bonchev–Trinajstić information content (AvgIpc) is 2.89. The van der Waals surface area contributed by atoms with E-state index >= 15 is 0 Å². The molecule has 2 aromatic heterocycles. The molecular formula is C15H21N5O3. The van der Waals surface area contributed by atoms with Crippen LogP contribution in [0.15, 0.2) is 6.20 Å². The van der Waals surface area contributed by atoms with E-state index in [9.17, 15) is 9.90 Å². The number of fused-ring (bicyclic) bond motifs is 1. The van der Waals surface area contributed by atoms with Gasteiger partial charge in [0.25, 0.3) is 0 Å². The summed E-state index contributed by atoms with van der Waals surface area (Å²) in [5.41, 5.74) is 1.46. The van der Waals surface area contributed by atoms with Gasteiger partial charge in [0.15, 0.2) is 5.65 Å². The first-order chi connectivity index (χ1) is 11.1. The Morgan fingerprint density at radius 3 is 2.78 bits per heavy atom. The Bertz CT molecular complexity index is 721. The van der Waals surface area contributed by atoms with Crippen LogP contribution in [0.25, 0.3) is 11.0 Å². The van der Waals surface area contributed by atoms with E-state index in [1.54, 1.807) is 0 Å². The SMILES string of the molecule is COc1c(C(=O)O)cnc2c1c(C)nn2CCN1CCNCC1. The van der Waals surface area contributed by atoms with Crippen molar-refractivity contribution in [2.45, 2.75) is 13.5 Å². The monoisotopic (exact) mass is 319 g/mol. The summed E-state index contributed by atoms with van der Waals surface area (Å²) in [6, 6.07) is 0. The number of aromatic nitrogens is 3. The number of carboxylic acid groups (broad SMARTS) is 1. The maximum Gasteiger partial charge on any atom is 0.341 e. The molecule has 0 radical (unpaired) electrons. The van der Waals surface area contributed by atoms with E-state index in [1.165, 1.54) is 13.3 Å². The lowest BCUT2D eigenvalue weighted by Crippen LogP contribution is -2.44. The van der Waals surface area contributed by atoms with Crippen molar-refractivity contribution in [3.8, 4) is 5.75 Å². The van der Waals surface area contributed by atoms with Crippen LogP contribution in [0, 0.1) is 6.92 Å². The van der Waals surface area contributed by atoms with Crippen LogP contribution in [-0.2, 0) is 6.54 Å².